The highest BCUT2D eigenvalue weighted by Gasteiger charge is 2.40. The minimum Gasteiger partial charge on any atom is -0.392 e. The highest BCUT2D eigenvalue weighted by molar-refractivity contribution is 7.54. The summed E-state index contributed by atoms with van der Waals surface area (Å²) in [6.07, 6.45) is -0.0219. The van der Waals surface area contributed by atoms with E-state index in [-0.39, 0.29) is 5.78 Å². The molecule has 1 aliphatic rings. The molecule has 6 heteroatoms. The lowest BCUT2D eigenvalue weighted by atomic mass is 10.3. The van der Waals surface area contributed by atoms with Gasteiger partial charge in [0.25, 0.3) is 0 Å². The molecule has 0 spiro atoms. The number of rotatable bonds is 5. The van der Waals surface area contributed by atoms with E-state index >= 15 is 0 Å². The van der Waals surface area contributed by atoms with Crippen molar-refractivity contribution in [3.05, 3.63) is 0 Å². The Labute approximate surface area is 84.3 Å². The van der Waals surface area contributed by atoms with Crippen LogP contribution < -0.4 is 5.32 Å². The van der Waals surface area contributed by atoms with Gasteiger partial charge in [-0.2, -0.15) is 0 Å². The Morgan fingerprint density at radius 2 is 2.00 bits per heavy atom. The molecule has 0 bridgehead atoms. The molecule has 0 saturated carbocycles. The summed E-state index contributed by atoms with van der Waals surface area (Å²) in [4.78, 5) is 0. The van der Waals surface area contributed by atoms with Crippen LogP contribution in [0.5, 0.6) is 0 Å². The minimum atomic E-state index is -3.08. The van der Waals surface area contributed by atoms with Crippen LogP contribution in [-0.4, -0.2) is 36.8 Å². The van der Waals surface area contributed by atoms with Crippen LogP contribution in [0.25, 0.3) is 0 Å². The van der Waals surface area contributed by atoms with E-state index in [1.54, 1.807) is 13.8 Å². The summed E-state index contributed by atoms with van der Waals surface area (Å²) in [5, 5.41) is 12.3. The van der Waals surface area contributed by atoms with E-state index in [0.717, 1.165) is 0 Å². The van der Waals surface area contributed by atoms with Gasteiger partial charge in [0.1, 0.15) is 5.78 Å². The van der Waals surface area contributed by atoms with Gasteiger partial charge in [-0.3, -0.25) is 4.57 Å². The first kappa shape index (κ1) is 12.1. The predicted molar refractivity (Wildman–Crippen MR) is 53.3 cm³/mol. The van der Waals surface area contributed by atoms with Crippen molar-refractivity contribution in [1.82, 2.24) is 5.32 Å². The Morgan fingerprint density at radius 3 is 2.36 bits per heavy atom. The zero-order chi connectivity index (χ0) is 10.6. The molecule has 0 unspecified atom stereocenters. The fraction of sp³-hybridized carbons (Fsp3) is 1.00. The maximum atomic E-state index is 12.1. The Balaban J connectivity index is 2.62. The maximum absolute atomic E-state index is 12.1. The molecule has 1 heterocycles. The van der Waals surface area contributed by atoms with E-state index in [1.807, 2.05) is 0 Å². The van der Waals surface area contributed by atoms with Crippen LogP contribution in [0.3, 0.4) is 0 Å². The SMILES string of the molecule is CCOP(=O)(OCC)[C@H]1C[C@@H](O)CN1. The molecule has 14 heavy (non-hydrogen) atoms. The van der Waals surface area contributed by atoms with Gasteiger partial charge >= 0.3 is 7.60 Å². The largest absolute Gasteiger partial charge is 0.392 e. The van der Waals surface area contributed by atoms with Crippen LogP contribution in [-0.2, 0) is 13.6 Å². The average Bonchev–Trinajstić information content (AvgIpc) is 2.53. The predicted octanol–water partition coefficient (Wildman–Crippen LogP) is 0.933. The molecule has 1 saturated heterocycles. The van der Waals surface area contributed by atoms with Gasteiger partial charge in [-0.1, -0.05) is 0 Å². The maximum Gasteiger partial charge on any atom is 0.347 e. The summed E-state index contributed by atoms with van der Waals surface area (Å²) >= 11 is 0. The third-order valence-electron chi connectivity index (χ3n) is 2.08. The van der Waals surface area contributed by atoms with Crippen molar-refractivity contribution >= 4 is 7.60 Å². The molecule has 1 rings (SSSR count). The Bertz CT molecular complexity index is 213. The molecule has 0 amide bonds. The topological polar surface area (TPSA) is 67.8 Å². The zero-order valence-electron chi connectivity index (χ0n) is 8.60. The lowest BCUT2D eigenvalue weighted by Crippen LogP contribution is -2.24. The molecular formula is C8H18NO4P. The summed E-state index contributed by atoms with van der Waals surface area (Å²) in [6, 6.07) is 0. The Hall–Kier alpha value is 0.0700. The van der Waals surface area contributed by atoms with Gasteiger partial charge < -0.3 is 19.5 Å². The third-order valence-corrected chi connectivity index (χ3v) is 4.48. The standard InChI is InChI=1S/C8H18NO4P/c1-3-12-14(11,13-4-2)8-5-7(10)6-9-8/h7-10H,3-6H2,1-2H3/t7-,8+/m1/s1. The van der Waals surface area contributed by atoms with E-state index in [9.17, 15) is 9.67 Å². The average molecular weight is 223 g/mol. The summed E-state index contributed by atoms with van der Waals surface area (Å²) in [7, 11) is -3.08. The van der Waals surface area contributed by atoms with Crippen molar-refractivity contribution in [3.63, 3.8) is 0 Å². The van der Waals surface area contributed by atoms with Crippen LogP contribution in [0, 0.1) is 0 Å². The molecule has 2 N–H and O–H groups in total. The number of aliphatic hydroxyl groups excluding tert-OH is 1. The molecule has 1 aliphatic heterocycles. The monoisotopic (exact) mass is 223 g/mol. The normalized spacial score (nSPS) is 28.2. The van der Waals surface area contributed by atoms with Gasteiger partial charge in [0.05, 0.1) is 19.3 Å². The van der Waals surface area contributed by atoms with Crippen LogP contribution in [0.4, 0.5) is 0 Å². The Morgan fingerprint density at radius 1 is 1.43 bits per heavy atom. The number of aliphatic hydroxyl groups is 1. The van der Waals surface area contributed by atoms with Crippen LogP contribution in [0.1, 0.15) is 20.3 Å². The summed E-state index contributed by atoms with van der Waals surface area (Å²) < 4.78 is 22.5. The number of nitrogens with one attached hydrogen (secondary N) is 1. The molecule has 84 valence electrons. The van der Waals surface area contributed by atoms with E-state index in [4.69, 9.17) is 9.05 Å². The highest BCUT2D eigenvalue weighted by Crippen LogP contribution is 2.54. The molecule has 2 atom stereocenters. The van der Waals surface area contributed by atoms with Gasteiger partial charge in [0, 0.05) is 13.0 Å². The molecule has 5 nitrogen and oxygen atoms in total. The second kappa shape index (κ2) is 5.24. The quantitative estimate of drug-likeness (QED) is 0.679. The van der Waals surface area contributed by atoms with Crippen molar-refractivity contribution in [3.8, 4) is 0 Å². The van der Waals surface area contributed by atoms with E-state index in [0.29, 0.717) is 26.2 Å². The van der Waals surface area contributed by atoms with Gasteiger partial charge in [0.15, 0.2) is 0 Å². The molecule has 0 aliphatic carbocycles. The van der Waals surface area contributed by atoms with Gasteiger partial charge in [-0.25, -0.2) is 0 Å². The zero-order valence-corrected chi connectivity index (χ0v) is 9.50. The minimum absolute atomic E-state index is 0.353. The van der Waals surface area contributed by atoms with Crippen LogP contribution in [0.2, 0.25) is 0 Å². The van der Waals surface area contributed by atoms with E-state index < -0.39 is 13.7 Å². The lowest BCUT2D eigenvalue weighted by molar-refractivity contribution is 0.186. The van der Waals surface area contributed by atoms with Crippen molar-refractivity contribution in [2.45, 2.75) is 32.2 Å². The summed E-state index contributed by atoms with van der Waals surface area (Å²) in [6.45, 7) is 4.71. The first-order valence-corrected chi connectivity index (χ1v) is 6.53. The van der Waals surface area contributed by atoms with E-state index in [2.05, 4.69) is 5.32 Å². The van der Waals surface area contributed by atoms with Crippen molar-refractivity contribution in [2.24, 2.45) is 0 Å². The highest BCUT2D eigenvalue weighted by atomic mass is 31.2. The first-order valence-electron chi connectivity index (χ1n) is 4.92. The van der Waals surface area contributed by atoms with Crippen molar-refractivity contribution < 1.29 is 18.7 Å². The second-order valence-electron chi connectivity index (χ2n) is 3.19. The molecule has 0 aromatic heterocycles. The molecule has 0 radical (unpaired) electrons. The second-order valence-corrected chi connectivity index (χ2v) is 5.41. The van der Waals surface area contributed by atoms with Crippen LogP contribution in [0.15, 0.2) is 0 Å². The number of hydrogen-bond donors (Lipinski definition) is 2. The third kappa shape index (κ3) is 2.78. The summed E-state index contributed by atoms with van der Waals surface area (Å²) in [5.74, 6) is -0.364. The molecule has 1 fully saturated rings. The summed E-state index contributed by atoms with van der Waals surface area (Å²) in [5.41, 5.74) is 0. The fourth-order valence-corrected chi connectivity index (χ4v) is 3.50. The first-order chi connectivity index (χ1) is 6.62. The Kier molecular flexibility index (Phi) is 4.54. The smallest absolute Gasteiger partial charge is 0.347 e. The molecule has 0 aromatic carbocycles. The van der Waals surface area contributed by atoms with E-state index in [1.165, 1.54) is 0 Å². The number of hydrogen-bond acceptors (Lipinski definition) is 5. The molecule has 0 aromatic rings. The lowest BCUT2D eigenvalue weighted by Gasteiger charge is -2.22. The fourth-order valence-electron chi connectivity index (χ4n) is 1.51. The van der Waals surface area contributed by atoms with Crippen molar-refractivity contribution in [1.29, 1.82) is 0 Å². The number of β-amino-alcohol motifs (C(OH)–C–C–N with tert-alkyl or cyclic N) is 1. The van der Waals surface area contributed by atoms with Gasteiger partial charge in [-0.15, -0.1) is 0 Å². The van der Waals surface area contributed by atoms with Crippen molar-refractivity contribution in [2.75, 3.05) is 19.8 Å². The van der Waals surface area contributed by atoms with Crippen LogP contribution >= 0.6 is 7.60 Å². The van der Waals surface area contributed by atoms with Gasteiger partial charge in [0.2, 0.25) is 0 Å². The van der Waals surface area contributed by atoms with Gasteiger partial charge in [-0.05, 0) is 13.8 Å². The molecular weight excluding hydrogens is 205 g/mol.